The third kappa shape index (κ3) is 5.00. The van der Waals surface area contributed by atoms with Crippen LogP contribution in [0, 0.1) is 0 Å². The van der Waals surface area contributed by atoms with Crippen molar-refractivity contribution in [1.82, 2.24) is 20.8 Å². The van der Waals surface area contributed by atoms with Gasteiger partial charge < -0.3 is 15.5 Å². The summed E-state index contributed by atoms with van der Waals surface area (Å²) in [5.41, 5.74) is 1.11. The molecule has 0 aliphatic carbocycles. The molecule has 2 aromatic rings. The fourth-order valence-corrected chi connectivity index (χ4v) is 3.17. The van der Waals surface area contributed by atoms with Crippen molar-refractivity contribution in [3.63, 3.8) is 0 Å². The van der Waals surface area contributed by atoms with Gasteiger partial charge in [0.1, 0.15) is 0 Å². The first-order valence-electron chi connectivity index (χ1n) is 8.82. The smallest absolute Gasteiger partial charge is 0.234 e. The Bertz CT molecular complexity index is 664. The SMILES string of the molecule is C[C@@H](NC(=O)CN[C@H]1CCCN(c2cccnn2)C1)c1ccccc1. The van der Waals surface area contributed by atoms with Crippen molar-refractivity contribution in [2.24, 2.45) is 0 Å². The van der Waals surface area contributed by atoms with E-state index >= 15 is 0 Å². The van der Waals surface area contributed by atoms with Crippen LogP contribution in [0.25, 0.3) is 0 Å². The number of piperidine rings is 1. The van der Waals surface area contributed by atoms with Gasteiger partial charge in [0.25, 0.3) is 0 Å². The van der Waals surface area contributed by atoms with E-state index in [1.54, 1.807) is 6.20 Å². The highest BCUT2D eigenvalue weighted by atomic mass is 16.1. The van der Waals surface area contributed by atoms with Crippen molar-refractivity contribution in [2.45, 2.75) is 31.8 Å². The molecule has 1 aliphatic heterocycles. The Balaban J connectivity index is 1.45. The average molecular weight is 339 g/mol. The molecule has 1 aromatic heterocycles. The van der Waals surface area contributed by atoms with Crippen LogP contribution in [0.4, 0.5) is 5.82 Å². The van der Waals surface area contributed by atoms with E-state index in [4.69, 9.17) is 0 Å². The zero-order chi connectivity index (χ0) is 17.5. The van der Waals surface area contributed by atoms with Crippen molar-refractivity contribution in [1.29, 1.82) is 0 Å². The Hall–Kier alpha value is -2.47. The van der Waals surface area contributed by atoms with Crippen molar-refractivity contribution in [2.75, 3.05) is 24.5 Å². The Morgan fingerprint density at radius 2 is 2.12 bits per heavy atom. The molecule has 0 spiro atoms. The van der Waals surface area contributed by atoms with Crippen LogP contribution < -0.4 is 15.5 Å². The molecule has 132 valence electrons. The first kappa shape index (κ1) is 17.4. The van der Waals surface area contributed by atoms with Gasteiger partial charge in [0, 0.05) is 25.3 Å². The van der Waals surface area contributed by atoms with Crippen LogP contribution in [-0.4, -0.2) is 41.8 Å². The molecule has 0 saturated carbocycles. The van der Waals surface area contributed by atoms with E-state index in [0.29, 0.717) is 6.54 Å². The zero-order valence-corrected chi connectivity index (χ0v) is 14.6. The fourth-order valence-electron chi connectivity index (χ4n) is 3.17. The summed E-state index contributed by atoms with van der Waals surface area (Å²) in [6, 6.07) is 14.2. The molecule has 25 heavy (non-hydrogen) atoms. The van der Waals surface area contributed by atoms with Crippen LogP contribution >= 0.6 is 0 Å². The molecule has 1 aliphatic rings. The number of hydrogen-bond donors (Lipinski definition) is 2. The maximum Gasteiger partial charge on any atom is 0.234 e. The quantitative estimate of drug-likeness (QED) is 0.841. The lowest BCUT2D eigenvalue weighted by atomic mass is 10.1. The van der Waals surface area contributed by atoms with Gasteiger partial charge in [0.2, 0.25) is 5.91 Å². The maximum atomic E-state index is 12.2. The van der Waals surface area contributed by atoms with Gasteiger partial charge in [-0.25, -0.2) is 0 Å². The molecule has 6 nitrogen and oxygen atoms in total. The first-order chi connectivity index (χ1) is 12.2. The van der Waals surface area contributed by atoms with Crippen LogP contribution in [0.3, 0.4) is 0 Å². The van der Waals surface area contributed by atoms with E-state index < -0.39 is 0 Å². The van der Waals surface area contributed by atoms with Crippen LogP contribution in [0.15, 0.2) is 48.7 Å². The minimum absolute atomic E-state index is 0.0120. The third-order valence-electron chi connectivity index (χ3n) is 4.53. The summed E-state index contributed by atoms with van der Waals surface area (Å²) in [7, 11) is 0. The van der Waals surface area contributed by atoms with Gasteiger partial charge in [0.05, 0.1) is 12.6 Å². The van der Waals surface area contributed by atoms with Gasteiger partial charge in [-0.3, -0.25) is 4.79 Å². The summed E-state index contributed by atoms with van der Waals surface area (Å²) in [5.74, 6) is 0.920. The predicted molar refractivity (Wildman–Crippen MR) is 98.3 cm³/mol. The van der Waals surface area contributed by atoms with E-state index in [1.807, 2.05) is 49.4 Å². The van der Waals surface area contributed by atoms with Gasteiger partial charge in [-0.2, -0.15) is 5.10 Å². The molecule has 2 heterocycles. The topological polar surface area (TPSA) is 70.2 Å². The number of carbonyl (C=O) groups excluding carboxylic acids is 1. The normalized spacial score (nSPS) is 18.6. The van der Waals surface area contributed by atoms with Crippen LogP contribution in [0.2, 0.25) is 0 Å². The number of amides is 1. The Morgan fingerprint density at radius 3 is 2.88 bits per heavy atom. The first-order valence-corrected chi connectivity index (χ1v) is 8.82. The summed E-state index contributed by atoms with van der Waals surface area (Å²) in [4.78, 5) is 14.4. The Labute approximate surface area is 148 Å². The highest BCUT2D eigenvalue weighted by Crippen LogP contribution is 2.16. The monoisotopic (exact) mass is 339 g/mol. The fraction of sp³-hybridized carbons (Fsp3) is 0.421. The molecule has 1 fully saturated rings. The van der Waals surface area contributed by atoms with Gasteiger partial charge in [-0.15, -0.1) is 5.10 Å². The highest BCUT2D eigenvalue weighted by Gasteiger charge is 2.21. The lowest BCUT2D eigenvalue weighted by Gasteiger charge is -2.33. The molecular weight excluding hydrogens is 314 g/mol. The predicted octanol–water partition coefficient (Wildman–Crippen LogP) is 1.91. The summed E-state index contributed by atoms with van der Waals surface area (Å²) in [5, 5.41) is 14.5. The van der Waals surface area contributed by atoms with E-state index in [-0.39, 0.29) is 18.0 Å². The molecule has 1 amide bonds. The second-order valence-electron chi connectivity index (χ2n) is 6.45. The minimum Gasteiger partial charge on any atom is -0.354 e. The van der Waals surface area contributed by atoms with Crippen LogP contribution in [-0.2, 0) is 4.79 Å². The number of nitrogens with one attached hydrogen (secondary N) is 2. The van der Waals surface area contributed by atoms with Crippen molar-refractivity contribution in [3.8, 4) is 0 Å². The highest BCUT2D eigenvalue weighted by molar-refractivity contribution is 5.78. The molecule has 2 N–H and O–H groups in total. The molecule has 1 aromatic carbocycles. The zero-order valence-electron chi connectivity index (χ0n) is 14.6. The maximum absolute atomic E-state index is 12.2. The molecule has 0 radical (unpaired) electrons. The third-order valence-corrected chi connectivity index (χ3v) is 4.53. The average Bonchev–Trinajstić information content (AvgIpc) is 2.68. The van der Waals surface area contributed by atoms with Gasteiger partial charge in [0.15, 0.2) is 5.82 Å². The number of aromatic nitrogens is 2. The van der Waals surface area contributed by atoms with E-state index in [0.717, 1.165) is 37.3 Å². The van der Waals surface area contributed by atoms with E-state index in [2.05, 4.69) is 25.7 Å². The van der Waals surface area contributed by atoms with Gasteiger partial charge in [-0.05, 0) is 37.5 Å². The van der Waals surface area contributed by atoms with Crippen molar-refractivity contribution >= 4 is 11.7 Å². The number of hydrogen-bond acceptors (Lipinski definition) is 5. The lowest BCUT2D eigenvalue weighted by Crippen LogP contribution is -2.49. The molecule has 1 saturated heterocycles. The number of nitrogens with zero attached hydrogens (tertiary/aromatic N) is 3. The molecule has 6 heteroatoms. The standard InChI is InChI=1S/C19H25N5O/c1-15(16-7-3-2-4-8-16)22-19(25)13-20-17-9-6-12-24(14-17)18-10-5-11-21-23-18/h2-5,7-8,10-11,15,17,20H,6,9,12-14H2,1H3,(H,22,25)/t15-,17+/m1/s1. The lowest BCUT2D eigenvalue weighted by molar-refractivity contribution is -0.121. The number of carbonyl (C=O) groups is 1. The van der Waals surface area contributed by atoms with Crippen LogP contribution in [0.1, 0.15) is 31.4 Å². The Kier molecular flexibility index (Phi) is 5.95. The number of rotatable bonds is 6. The summed E-state index contributed by atoms with van der Waals surface area (Å²) in [6.07, 6.45) is 3.83. The van der Waals surface area contributed by atoms with Crippen LogP contribution in [0.5, 0.6) is 0 Å². The molecule has 0 unspecified atom stereocenters. The number of benzene rings is 1. The summed E-state index contributed by atoms with van der Waals surface area (Å²) >= 11 is 0. The van der Waals surface area contributed by atoms with Crippen molar-refractivity contribution in [3.05, 3.63) is 54.2 Å². The van der Waals surface area contributed by atoms with Crippen molar-refractivity contribution < 1.29 is 4.79 Å². The minimum atomic E-state index is 0.0120. The molecular formula is C19H25N5O. The summed E-state index contributed by atoms with van der Waals surface area (Å²) < 4.78 is 0. The van der Waals surface area contributed by atoms with Gasteiger partial charge >= 0.3 is 0 Å². The molecule has 0 bridgehead atoms. The summed E-state index contributed by atoms with van der Waals surface area (Å²) in [6.45, 7) is 4.16. The molecule has 3 rings (SSSR count). The Morgan fingerprint density at radius 1 is 1.28 bits per heavy atom. The van der Waals surface area contributed by atoms with E-state index in [1.165, 1.54) is 0 Å². The van der Waals surface area contributed by atoms with E-state index in [9.17, 15) is 4.79 Å². The second kappa shape index (κ2) is 8.58. The van der Waals surface area contributed by atoms with Gasteiger partial charge in [-0.1, -0.05) is 30.3 Å². The number of anilines is 1. The largest absolute Gasteiger partial charge is 0.354 e. The second-order valence-corrected chi connectivity index (χ2v) is 6.45. The molecule has 2 atom stereocenters.